The smallest absolute Gasteiger partial charge is 0.126 e. The lowest BCUT2D eigenvalue weighted by Crippen LogP contribution is -2.52. The Bertz CT molecular complexity index is 438. The molecule has 0 spiro atoms. The van der Waals surface area contributed by atoms with Crippen LogP contribution in [0.15, 0.2) is 18.2 Å². The van der Waals surface area contributed by atoms with Gasteiger partial charge in [-0.25, -0.2) is 4.39 Å². The first-order valence-corrected chi connectivity index (χ1v) is 6.99. The lowest BCUT2D eigenvalue weighted by atomic mass is 10.0. The van der Waals surface area contributed by atoms with E-state index in [0.717, 1.165) is 31.7 Å². The van der Waals surface area contributed by atoms with Gasteiger partial charge in [-0.3, -0.25) is 9.80 Å². The summed E-state index contributed by atoms with van der Waals surface area (Å²) in [6.07, 6.45) is 0. The fraction of sp³-hybridized carbons (Fsp3) is 0.600. The van der Waals surface area contributed by atoms with Gasteiger partial charge in [-0.2, -0.15) is 0 Å². The third-order valence-electron chi connectivity index (χ3n) is 4.19. The molecule has 0 bridgehead atoms. The Morgan fingerprint density at radius 3 is 2.74 bits per heavy atom. The van der Waals surface area contributed by atoms with E-state index in [1.54, 1.807) is 6.07 Å². The van der Waals surface area contributed by atoms with Crippen molar-refractivity contribution in [3.63, 3.8) is 0 Å². The number of aromatic hydroxyl groups is 1. The van der Waals surface area contributed by atoms with Crippen LogP contribution in [0.5, 0.6) is 5.75 Å². The van der Waals surface area contributed by atoms with Crippen LogP contribution < -0.4 is 0 Å². The minimum Gasteiger partial charge on any atom is -0.508 e. The van der Waals surface area contributed by atoms with Crippen LogP contribution in [0, 0.1) is 5.82 Å². The molecule has 1 aromatic rings. The molecule has 1 heterocycles. The first kappa shape index (κ1) is 14.3. The van der Waals surface area contributed by atoms with E-state index < -0.39 is 5.82 Å². The van der Waals surface area contributed by atoms with Gasteiger partial charge in [-0.15, -0.1) is 0 Å². The molecule has 0 radical (unpaired) electrons. The summed E-state index contributed by atoms with van der Waals surface area (Å²) in [5.41, 5.74) is 0.804. The third-order valence-corrected chi connectivity index (χ3v) is 4.19. The van der Waals surface area contributed by atoms with Gasteiger partial charge in [0.2, 0.25) is 0 Å². The number of nitrogens with zero attached hydrogens (tertiary/aromatic N) is 2. The summed E-state index contributed by atoms with van der Waals surface area (Å²) in [6, 6.07) is 4.92. The lowest BCUT2D eigenvalue weighted by Gasteiger charge is -2.42. The fourth-order valence-electron chi connectivity index (χ4n) is 2.91. The molecule has 0 aliphatic carbocycles. The maximum Gasteiger partial charge on any atom is 0.126 e. The Hall–Kier alpha value is -1.13. The van der Waals surface area contributed by atoms with E-state index in [2.05, 4.69) is 30.6 Å². The summed E-state index contributed by atoms with van der Waals surface area (Å²) in [5.74, 6) is -0.337. The first-order chi connectivity index (χ1) is 9.02. The van der Waals surface area contributed by atoms with E-state index in [9.17, 15) is 9.50 Å². The summed E-state index contributed by atoms with van der Waals surface area (Å²) in [6.45, 7) is 10.6. The molecule has 3 nitrogen and oxygen atoms in total. The van der Waals surface area contributed by atoms with Gasteiger partial charge in [0, 0.05) is 43.3 Å². The highest BCUT2D eigenvalue weighted by molar-refractivity contribution is 5.35. The van der Waals surface area contributed by atoms with Gasteiger partial charge in [0.1, 0.15) is 11.6 Å². The molecule has 2 unspecified atom stereocenters. The maximum atomic E-state index is 13.0. The minimum absolute atomic E-state index is 0.0538. The van der Waals surface area contributed by atoms with Crippen LogP contribution in [0.1, 0.15) is 32.4 Å². The Labute approximate surface area is 114 Å². The van der Waals surface area contributed by atoms with Crippen LogP contribution in [0.2, 0.25) is 0 Å². The number of phenols is 1. The van der Waals surface area contributed by atoms with Crippen molar-refractivity contribution >= 4 is 0 Å². The molecule has 1 N–H and O–H groups in total. The van der Waals surface area contributed by atoms with E-state index in [1.807, 2.05) is 0 Å². The van der Waals surface area contributed by atoms with Gasteiger partial charge in [0.15, 0.2) is 0 Å². The molecule has 2 rings (SSSR count). The van der Waals surface area contributed by atoms with E-state index in [-0.39, 0.29) is 11.8 Å². The summed E-state index contributed by atoms with van der Waals surface area (Å²) in [4.78, 5) is 4.80. The summed E-state index contributed by atoms with van der Waals surface area (Å²) in [7, 11) is 0. The Morgan fingerprint density at radius 2 is 2.16 bits per heavy atom. The predicted molar refractivity (Wildman–Crippen MR) is 74.8 cm³/mol. The SMILES string of the molecule is CCN1CCN(C(C)c2ccc(F)cc2O)CC1C. The zero-order valence-corrected chi connectivity index (χ0v) is 11.9. The van der Waals surface area contributed by atoms with Crippen molar-refractivity contribution in [3.05, 3.63) is 29.6 Å². The number of hydrogen-bond acceptors (Lipinski definition) is 3. The number of halogens is 1. The number of hydrogen-bond donors (Lipinski definition) is 1. The Balaban J connectivity index is 2.10. The topological polar surface area (TPSA) is 26.7 Å². The largest absolute Gasteiger partial charge is 0.508 e. The Morgan fingerprint density at radius 1 is 1.42 bits per heavy atom. The van der Waals surface area contributed by atoms with Crippen LogP contribution in [0.4, 0.5) is 4.39 Å². The highest BCUT2D eigenvalue weighted by atomic mass is 19.1. The number of benzene rings is 1. The molecule has 4 heteroatoms. The van der Waals surface area contributed by atoms with Crippen molar-refractivity contribution in [2.75, 3.05) is 26.2 Å². The first-order valence-electron chi connectivity index (χ1n) is 6.99. The molecule has 106 valence electrons. The highest BCUT2D eigenvalue weighted by Crippen LogP contribution is 2.30. The zero-order valence-electron chi connectivity index (χ0n) is 11.9. The van der Waals surface area contributed by atoms with E-state index in [4.69, 9.17) is 0 Å². The standard InChI is InChI=1S/C15H23FN2O/c1-4-17-7-8-18(10-11(17)2)12(3)14-6-5-13(16)9-15(14)19/h5-6,9,11-12,19H,4,7-8,10H2,1-3H3. The average Bonchev–Trinajstić information content (AvgIpc) is 2.38. The van der Waals surface area contributed by atoms with Crippen molar-refractivity contribution in [3.8, 4) is 5.75 Å². The number of piperazine rings is 1. The van der Waals surface area contributed by atoms with Crippen LogP contribution >= 0.6 is 0 Å². The average molecular weight is 266 g/mol. The molecule has 1 aliphatic heterocycles. The summed E-state index contributed by atoms with van der Waals surface area (Å²) >= 11 is 0. The second-order valence-electron chi connectivity index (χ2n) is 5.35. The number of phenolic OH excluding ortho intramolecular Hbond substituents is 1. The van der Waals surface area contributed by atoms with Crippen LogP contribution in [-0.2, 0) is 0 Å². The fourth-order valence-corrected chi connectivity index (χ4v) is 2.91. The summed E-state index contributed by atoms with van der Waals surface area (Å²) in [5, 5.41) is 9.88. The molecule has 1 aromatic carbocycles. The normalized spacial score (nSPS) is 23.5. The molecule has 0 amide bonds. The van der Waals surface area contributed by atoms with Crippen molar-refractivity contribution in [1.82, 2.24) is 9.80 Å². The highest BCUT2D eigenvalue weighted by Gasteiger charge is 2.27. The number of likely N-dealkylation sites (N-methyl/N-ethyl adjacent to an activating group) is 1. The quantitative estimate of drug-likeness (QED) is 0.911. The van der Waals surface area contributed by atoms with Crippen LogP contribution in [-0.4, -0.2) is 47.1 Å². The molecule has 0 aromatic heterocycles. The van der Waals surface area contributed by atoms with E-state index in [1.165, 1.54) is 12.1 Å². The van der Waals surface area contributed by atoms with Gasteiger partial charge in [-0.1, -0.05) is 13.0 Å². The van der Waals surface area contributed by atoms with Crippen molar-refractivity contribution in [2.24, 2.45) is 0 Å². The van der Waals surface area contributed by atoms with E-state index in [0.29, 0.717) is 6.04 Å². The third kappa shape index (κ3) is 3.07. The molecule has 19 heavy (non-hydrogen) atoms. The van der Waals surface area contributed by atoms with Gasteiger partial charge in [0.25, 0.3) is 0 Å². The van der Waals surface area contributed by atoms with Crippen LogP contribution in [0.25, 0.3) is 0 Å². The molecule has 1 fully saturated rings. The zero-order chi connectivity index (χ0) is 14.0. The molecular weight excluding hydrogens is 243 g/mol. The maximum absolute atomic E-state index is 13.0. The predicted octanol–water partition coefficient (Wildman–Crippen LogP) is 2.62. The van der Waals surface area contributed by atoms with Crippen molar-refractivity contribution in [2.45, 2.75) is 32.9 Å². The van der Waals surface area contributed by atoms with Crippen molar-refractivity contribution < 1.29 is 9.50 Å². The molecule has 2 atom stereocenters. The van der Waals surface area contributed by atoms with Crippen LogP contribution in [0.3, 0.4) is 0 Å². The lowest BCUT2D eigenvalue weighted by molar-refractivity contribution is 0.0628. The number of rotatable bonds is 3. The molecular formula is C15H23FN2O. The minimum atomic E-state index is -0.391. The van der Waals surface area contributed by atoms with Gasteiger partial charge in [-0.05, 0) is 26.5 Å². The van der Waals surface area contributed by atoms with Gasteiger partial charge >= 0.3 is 0 Å². The second kappa shape index (κ2) is 5.88. The van der Waals surface area contributed by atoms with Gasteiger partial charge < -0.3 is 5.11 Å². The monoisotopic (exact) mass is 266 g/mol. The van der Waals surface area contributed by atoms with Gasteiger partial charge in [0.05, 0.1) is 0 Å². The molecule has 1 saturated heterocycles. The molecule has 1 aliphatic rings. The molecule has 0 saturated carbocycles. The Kier molecular flexibility index (Phi) is 4.42. The van der Waals surface area contributed by atoms with E-state index >= 15 is 0 Å². The summed E-state index contributed by atoms with van der Waals surface area (Å²) < 4.78 is 13.0. The second-order valence-corrected chi connectivity index (χ2v) is 5.35. The van der Waals surface area contributed by atoms with Crippen molar-refractivity contribution in [1.29, 1.82) is 0 Å².